The van der Waals surface area contributed by atoms with Crippen LogP contribution in [0.1, 0.15) is 6.92 Å². The molecule has 0 fully saturated rings. The molecule has 0 rings (SSSR count). The fourth-order valence-electron chi connectivity index (χ4n) is 0.0804. The summed E-state index contributed by atoms with van der Waals surface area (Å²) in [5.41, 5.74) is 0. The quantitative estimate of drug-likeness (QED) is 0.182. The minimum atomic E-state index is -0.762. The van der Waals surface area contributed by atoms with Gasteiger partial charge >= 0.3 is 6.29 Å². The van der Waals surface area contributed by atoms with E-state index in [1.165, 1.54) is 6.92 Å². The molecule has 1 N–H and O–H groups in total. The summed E-state index contributed by atoms with van der Waals surface area (Å²) in [6, 6.07) is 0. The highest BCUT2D eigenvalue weighted by Crippen LogP contribution is 1.63. The van der Waals surface area contributed by atoms with E-state index in [2.05, 4.69) is 4.58 Å². The van der Waals surface area contributed by atoms with Crippen molar-refractivity contribution in [2.75, 3.05) is 0 Å². The molecule has 0 spiro atoms. The van der Waals surface area contributed by atoms with Crippen LogP contribution in [0, 0.1) is 0 Å². The SMILES string of the molecule is CC(O)C=[O+][O-]. The molecule has 0 aromatic heterocycles. The normalized spacial score (nSPS) is 15.7. The third kappa shape index (κ3) is 3.43. The highest BCUT2D eigenvalue weighted by molar-refractivity contribution is 5.54. The van der Waals surface area contributed by atoms with E-state index < -0.39 is 6.10 Å². The first-order valence-corrected chi connectivity index (χ1v) is 1.57. The number of carbonyl (C=O) groups excluding carboxylic acids is 1. The fourth-order valence-corrected chi connectivity index (χ4v) is 0.0804. The molecule has 3 heteroatoms. The Bertz CT molecular complexity index is 48.0. The molecule has 0 aliphatic carbocycles. The Hall–Kier alpha value is -0.570. The molecule has 6 heavy (non-hydrogen) atoms. The summed E-state index contributed by atoms with van der Waals surface area (Å²) in [5, 5.41) is 17.2. The van der Waals surface area contributed by atoms with E-state index in [1.54, 1.807) is 0 Å². The van der Waals surface area contributed by atoms with Crippen LogP contribution in [-0.2, 0) is 4.58 Å². The summed E-state index contributed by atoms with van der Waals surface area (Å²) >= 11 is 0. The lowest BCUT2D eigenvalue weighted by Gasteiger charge is -1.78. The number of aliphatic hydroxyl groups excluding tert-OH is 1. The summed E-state index contributed by atoms with van der Waals surface area (Å²) in [6.45, 7) is 1.43. The van der Waals surface area contributed by atoms with E-state index in [0.717, 1.165) is 6.29 Å². The maximum Gasteiger partial charge on any atom is 0.346 e. The molecule has 0 aromatic carbocycles. The Labute approximate surface area is 35.5 Å². The lowest BCUT2D eigenvalue weighted by atomic mass is 10.5. The smallest absolute Gasteiger partial charge is 0.346 e. The van der Waals surface area contributed by atoms with Crippen LogP contribution >= 0.6 is 0 Å². The van der Waals surface area contributed by atoms with E-state index in [4.69, 9.17) is 10.4 Å². The number of hydrogen-bond acceptors (Lipinski definition) is 2. The summed E-state index contributed by atoms with van der Waals surface area (Å²) in [7, 11) is 0. The first-order chi connectivity index (χ1) is 2.77. The largest absolute Gasteiger partial charge is 0.463 e. The van der Waals surface area contributed by atoms with E-state index in [1.807, 2.05) is 0 Å². The maximum absolute atomic E-state index is 9.02. The molecule has 0 bridgehead atoms. The van der Waals surface area contributed by atoms with Crippen LogP contribution in [0.3, 0.4) is 0 Å². The zero-order valence-corrected chi connectivity index (χ0v) is 3.42. The van der Waals surface area contributed by atoms with Gasteiger partial charge in [-0.1, -0.05) is 0 Å². The minimum absolute atomic E-state index is 0.762. The van der Waals surface area contributed by atoms with Crippen LogP contribution in [0.5, 0.6) is 0 Å². The molecule has 0 aromatic rings. The molecular formula is C3H6O3. The number of rotatable bonds is 1. The van der Waals surface area contributed by atoms with Crippen molar-refractivity contribution in [1.82, 2.24) is 0 Å². The lowest BCUT2D eigenvalue weighted by molar-refractivity contribution is -1.04. The molecule has 0 radical (unpaired) electrons. The summed E-state index contributed by atoms with van der Waals surface area (Å²) < 4.78 is 3.18. The third-order valence-corrected chi connectivity index (χ3v) is 0.252. The minimum Gasteiger partial charge on any atom is -0.463 e. The van der Waals surface area contributed by atoms with Gasteiger partial charge in [0.15, 0.2) is 6.10 Å². The second kappa shape index (κ2) is 2.66. The molecule has 3 nitrogen and oxygen atoms in total. The number of aliphatic hydroxyl groups is 1. The van der Waals surface area contributed by atoms with Crippen molar-refractivity contribution < 1.29 is 14.9 Å². The highest BCUT2D eigenvalue weighted by atomic mass is 17.1. The Kier molecular flexibility index (Phi) is 2.40. The van der Waals surface area contributed by atoms with Gasteiger partial charge in [-0.15, -0.1) is 0 Å². The average Bonchev–Trinajstić information content (AvgIpc) is 1.35. The van der Waals surface area contributed by atoms with Crippen molar-refractivity contribution >= 4 is 6.29 Å². The van der Waals surface area contributed by atoms with Crippen LogP contribution in [-0.4, -0.2) is 17.5 Å². The highest BCUT2D eigenvalue weighted by Gasteiger charge is 1.91. The van der Waals surface area contributed by atoms with Gasteiger partial charge in [0.2, 0.25) is 0 Å². The molecule has 0 amide bonds. The molecule has 0 aliphatic heterocycles. The van der Waals surface area contributed by atoms with Crippen molar-refractivity contribution in [2.24, 2.45) is 0 Å². The zero-order valence-electron chi connectivity index (χ0n) is 3.42. The molecule has 0 aliphatic rings. The Balaban J connectivity index is 3.03. The van der Waals surface area contributed by atoms with Crippen LogP contribution in [0.15, 0.2) is 0 Å². The zero-order chi connectivity index (χ0) is 4.99. The fraction of sp³-hybridized carbons (Fsp3) is 0.667. The monoisotopic (exact) mass is 90.0 g/mol. The summed E-state index contributed by atoms with van der Waals surface area (Å²) in [6.07, 6.45) is 0.0301. The lowest BCUT2D eigenvalue weighted by Crippen LogP contribution is -2.07. The van der Waals surface area contributed by atoms with Gasteiger partial charge in [0.25, 0.3) is 0 Å². The van der Waals surface area contributed by atoms with E-state index >= 15 is 0 Å². The predicted molar refractivity (Wildman–Crippen MR) is 17.7 cm³/mol. The first kappa shape index (κ1) is 5.43. The third-order valence-electron chi connectivity index (χ3n) is 0.252. The van der Waals surface area contributed by atoms with Gasteiger partial charge in [0, 0.05) is 0 Å². The Morgan fingerprint density at radius 3 is 2.50 bits per heavy atom. The average molecular weight is 90.1 g/mol. The summed E-state index contributed by atoms with van der Waals surface area (Å²) in [5.74, 6) is 0. The van der Waals surface area contributed by atoms with Crippen LogP contribution in [0.2, 0.25) is 0 Å². The van der Waals surface area contributed by atoms with Crippen molar-refractivity contribution in [3.05, 3.63) is 0 Å². The van der Waals surface area contributed by atoms with Gasteiger partial charge in [0.05, 0.1) is 0 Å². The number of aldehydes is 1. The maximum atomic E-state index is 9.02. The predicted octanol–water partition coefficient (Wildman–Crippen LogP) is -1.62. The molecule has 1 atom stereocenters. The van der Waals surface area contributed by atoms with Crippen molar-refractivity contribution in [1.29, 1.82) is 0 Å². The summed E-state index contributed by atoms with van der Waals surface area (Å²) in [4.78, 5) is 0. The van der Waals surface area contributed by atoms with E-state index in [0.29, 0.717) is 0 Å². The van der Waals surface area contributed by atoms with Crippen LogP contribution in [0.25, 0.3) is 0 Å². The van der Waals surface area contributed by atoms with Gasteiger partial charge in [-0.2, -0.15) is 4.58 Å². The van der Waals surface area contributed by atoms with Gasteiger partial charge in [-0.05, 0) is 6.92 Å². The van der Waals surface area contributed by atoms with Gasteiger partial charge < -0.3 is 10.4 Å². The van der Waals surface area contributed by atoms with Crippen molar-refractivity contribution in [3.8, 4) is 0 Å². The van der Waals surface area contributed by atoms with Crippen LogP contribution < -0.4 is 5.26 Å². The molecule has 0 heterocycles. The molecular weight excluding hydrogens is 84.0 g/mol. The molecule has 0 saturated heterocycles. The van der Waals surface area contributed by atoms with Gasteiger partial charge in [-0.25, -0.2) is 0 Å². The molecule has 36 valence electrons. The van der Waals surface area contributed by atoms with Gasteiger partial charge in [-0.3, -0.25) is 0 Å². The molecule has 0 saturated carbocycles. The topological polar surface area (TPSA) is 54.6 Å². The van der Waals surface area contributed by atoms with Crippen LogP contribution in [0.4, 0.5) is 0 Å². The van der Waals surface area contributed by atoms with Crippen molar-refractivity contribution in [2.45, 2.75) is 13.0 Å². The van der Waals surface area contributed by atoms with E-state index in [-0.39, 0.29) is 0 Å². The van der Waals surface area contributed by atoms with Crippen molar-refractivity contribution in [3.63, 3.8) is 0 Å². The first-order valence-electron chi connectivity index (χ1n) is 1.57. The molecule has 1 unspecified atom stereocenters. The number of hydrogen-bond donors (Lipinski definition) is 1. The van der Waals surface area contributed by atoms with Gasteiger partial charge in [0.1, 0.15) is 0 Å². The standard InChI is InChI=1S/C3H6O3/c1-3(4)2-6-5/h2-4H,1H3. The second-order valence-corrected chi connectivity index (χ2v) is 0.973. The Morgan fingerprint density at radius 2 is 2.50 bits per heavy atom. The Morgan fingerprint density at radius 1 is 2.00 bits per heavy atom. The second-order valence-electron chi connectivity index (χ2n) is 0.973. The van der Waals surface area contributed by atoms with E-state index in [9.17, 15) is 0 Å².